The minimum Gasteiger partial charge on any atom is -0.310 e. The predicted molar refractivity (Wildman–Crippen MR) is 80.3 cm³/mol. The van der Waals surface area contributed by atoms with Crippen LogP contribution < -0.4 is 5.32 Å². The second-order valence-corrected chi connectivity index (χ2v) is 5.64. The van der Waals surface area contributed by atoms with Gasteiger partial charge in [0.15, 0.2) is 0 Å². The number of aromatic nitrogens is 2. The van der Waals surface area contributed by atoms with E-state index in [-0.39, 0.29) is 0 Å². The van der Waals surface area contributed by atoms with E-state index in [2.05, 4.69) is 24.3 Å². The Bertz CT molecular complexity index is 576. The number of benzene rings is 1. The molecule has 0 radical (unpaired) electrons. The van der Waals surface area contributed by atoms with Gasteiger partial charge in [0.25, 0.3) is 0 Å². The molecule has 102 valence electrons. The summed E-state index contributed by atoms with van der Waals surface area (Å²) in [6, 6.07) is 5.87. The van der Waals surface area contributed by atoms with Gasteiger partial charge in [0, 0.05) is 28.9 Å². The largest absolute Gasteiger partial charge is 0.310 e. The molecule has 0 spiro atoms. The van der Waals surface area contributed by atoms with Crippen molar-refractivity contribution in [3.63, 3.8) is 0 Å². The van der Waals surface area contributed by atoms with Crippen LogP contribution in [-0.2, 0) is 6.54 Å². The first-order valence-corrected chi connectivity index (χ1v) is 6.97. The van der Waals surface area contributed by atoms with Gasteiger partial charge in [0.1, 0.15) is 0 Å². The molecule has 1 heterocycles. The molecular formula is C14H17Cl2N3. The Morgan fingerprint density at radius 1 is 1.32 bits per heavy atom. The van der Waals surface area contributed by atoms with Crippen LogP contribution in [0.5, 0.6) is 0 Å². The Balaban J connectivity index is 2.31. The fourth-order valence-corrected chi connectivity index (χ4v) is 2.32. The summed E-state index contributed by atoms with van der Waals surface area (Å²) in [5.74, 6) is 0. The summed E-state index contributed by atoms with van der Waals surface area (Å²) < 4.78 is 1.84. The van der Waals surface area contributed by atoms with Crippen LogP contribution in [0.1, 0.15) is 25.1 Å². The second-order valence-electron chi connectivity index (χ2n) is 4.80. The maximum Gasteiger partial charge on any atom is 0.0836 e. The molecule has 5 heteroatoms. The zero-order valence-corrected chi connectivity index (χ0v) is 12.8. The monoisotopic (exact) mass is 297 g/mol. The van der Waals surface area contributed by atoms with E-state index >= 15 is 0 Å². The molecule has 1 aromatic carbocycles. The molecule has 0 fully saturated rings. The van der Waals surface area contributed by atoms with E-state index in [9.17, 15) is 0 Å². The van der Waals surface area contributed by atoms with E-state index in [1.165, 1.54) is 5.56 Å². The molecule has 1 aromatic heterocycles. The Labute approximate surface area is 123 Å². The fraction of sp³-hybridized carbons (Fsp3) is 0.357. The highest BCUT2D eigenvalue weighted by Gasteiger charge is 2.11. The number of halogens is 2. The molecular weight excluding hydrogens is 281 g/mol. The van der Waals surface area contributed by atoms with Crippen molar-refractivity contribution >= 4 is 23.2 Å². The molecule has 1 N–H and O–H groups in total. The zero-order valence-electron chi connectivity index (χ0n) is 11.2. The Morgan fingerprint density at radius 2 is 2.05 bits per heavy atom. The van der Waals surface area contributed by atoms with Gasteiger partial charge in [-0.3, -0.25) is 0 Å². The van der Waals surface area contributed by atoms with E-state index < -0.39 is 0 Å². The molecule has 2 rings (SSSR count). The molecule has 19 heavy (non-hydrogen) atoms. The van der Waals surface area contributed by atoms with Gasteiger partial charge < -0.3 is 5.32 Å². The van der Waals surface area contributed by atoms with Crippen LogP contribution in [0.25, 0.3) is 5.69 Å². The fourth-order valence-electron chi connectivity index (χ4n) is 1.83. The summed E-state index contributed by atoms with van der Waals surface area (Å²) in [5.41, 5.74) is 3.09. The third kappa shape index (κ3) is 3.30. The average Bonchev–Trinajstić information content (AvgIpc) is 2.68. The molecule has 0 bridgehead atoms. The van der Waals surface area contributed by atoms with Crippen molar-refractivity contribution in [2.24, 2.45) is 0 Å². The van der Waals surface area contributed by atoms with Crippen molar-refractivity contribution in [2.45, 2.75) is 33.4 Å². The summed E-state index contributed by atoms with van der Waals surface area (Å²) >= 11 is 12.1. The lowest BCUT2D eigenvalue weighted by Gasteiger charge is -2.09. The SMILES string of the molecule is Cc1c(CNC(C)C)cnn1-c1ccc(Cl)cc1Cl. The smallest absolute Gasteiger partial charge is 0.0836 e. The Kier molecular flexibility index (Phi) is 4.50. The number of rotatable bonds is 4. The first-order chi connectivity index (χ1) is 8.99. The third-order valence-electron chi connectivity index (χ3n) is 2.95. The quantitative estimate of drug-likeness (QED) is 0.925. The van der Waals surface area contributed by atoms with Gasteiger partial charge in [-0.1, -0.05) is 37.0 Å². The summed E-state index contributed by atoms with van der Waals surface area (Å²) in [6.07, 6.45) is 1.87. The van der Waals surface area contributed by atoms with Crippen LogP contribution in [0.2, 0.25) is 10.0 Å². The normalized spacial score (nSPS) is 11.3. The van der Waals surface area contributed by atoms with Crippen molar-refractivity contribution in [3.05, 3.63) is 45.7 Å². The lowest BCUT2D eigenvalue weighted by atomic mass is 10.2. The maximum atomic E-state index is 6.21. The van der Waals surface area contributed by atoms with Crippen molar-refractivity contribution in [2.75, 3.05) is 0 Å². The lowest BCUT2D eigenvalue weighted by molar-refractivity contribution is 0.587. The first kappa shape index (κ1) is 14.4. The molecule has 0 atom stereocenters. The van der Waals surface area contributed by atoms with E-state index in [0.717, 1.165) is 17.9 Å². The van der Waals surface area contributed by atoms with Gasteiger partial charge in [-0.15, -0.1) is 0 Å². The molecule has 0 unspecified atom stereocenters. The molecule has 0 saturated heterocycles. The minimum absolute atomic E-state index is 0.446. The topological polar surface area (TPSA) is 29.9 Å². The maximum absolute atomic E-state index is 6.21. The van der Waals surface area contributed by atoms with Gasteiger partial charge in [0.05, 0.1) is 16.9 Å². The lowest BCUT2D eigenvalue weighted by Crippen LogP contribution is -2.22. The summed E-state index contributed by atoms with van der Waals surface area (Å²) in [7, 11) is 0. The molecule has 0 saturated carbocycles. The number of nitrogens with zero attached hydrogens (tertiary/aromatic N) is 2. The second kappa shape index (κ2) is 5.95. The number of nitrogens with one attached hydrogen (secondary N) is 1. The first-order valence-electron chi connectivity index (χ1n) is 6.21. The zero-order chi connectivity index (χ0) is 14.0. The minimum atomic E-state index is 0.446. The molecule has 0 aliphatic carbocycles. The summed E-state index contributed by atoms with van der Waals surface area (Å²) in [6.45, 7) is 7.08. The van der Waals surface area contributed by atoms with Crippen LogP contribution in [0.4, 0.5) is 0 Å². The standard InChI is InChI=1S/C14H17Cl2N3/c1-9(2)17-7-11-8-18-19(10(11)3)14-5-4-12(15)6-13(14)16/h4-6,8-9,17H,7H2,1-3H3. The van der Waals surface area contributed by atoms with Crippen LogP contribution >= 0.6 is 23.2 Å². The molecule has 0 amide bonds. The molecule has 3 nitrogen and oxygen atoms in total. The van der Waals surface area contributed by atoms with E-state index in [1.54, 1.807) is 6.07 Å². The van der Waals surface area contributed by atoms with E-state index in [0.29, 0.717) is 16.1 Å². The Hall–Kier alpha value is -1.03. The average molecular weight is 298 g/mol. The van der Waals surface area contributed by atoms with Crippen LogP contribution in [0.3, 0.4) is 0 Å². The molecule has 0 aliphatic rings. The van der Waals surface area contributed by atoms with Gasteiger partial charge in [-0.2, -0.15) is 5.10 Å². The Morgan fingerprint density at radius 3 is 2.68 bits per heavy atom. The summed E-state index contributed by atoms with van der Waals surface area (Å²) in [4.78, 5) is 0. The number of hydrogen-bond donors (Lipinski definition) is 1. The van der Waals surface area contributed by atoms with Crippen LogP contribution in [0.15, 0.2) is 24.4 Å². The third-order valence-corrected chi connectivity index (χ3v) is 3.49. The molecule has 0 aliphatic heterocycles. The number of hydrogen-bond acceptors (Lipinski definition) is 2. The van der Waals surface area contributed by atoms with Crippen LogP contribution in [-0.4, -0.2) is 15.8 Å². The van der Waals surface area contributed by atoms with Crippen molar-refractivity contribution in [1.29, 1.82) is 0 Å². The van der Waals surface area contributed by atoms with Crippen LogP contribution in [0, 0.1) is 6.92 Å². The van der Waals surface area contributed by atoms with Gasteiger partial charge in [-0.25, -0.2) is 4.68 Å². The van der Waals surface area contributed by atoms with E-state index in [4.69, 9.17) is 23.2 Å². The summed E-state index contributed by atoms with van der Waals surface area (Å²) in [5, 5.41) is 9.01. The highest BCUT2D eigenvalue weighted by atomic mass is 35.5. The van der Waals surface area contributed by atoms with Crippen molar-refractivity contribution < 1.29 is 0 Å². The predicted octanol–water partition coefficient (Wildman–Crippen LogP) is 3.99. The highest BCUT2D eigenvalue weighted by molar-refractivity contribution is 6.35. The highest BCUT2D eigenvalue weighted by Crippen LogP contribution is 2.25. The van der Waals surface area contributed by atoms with Crippen molar-refractivity contribution in [3.8, 4) is 5.69 Å². The van der Waals surface area contributed by atoms with E-state index in [1.807, 2.05) is 29.9 Å². The van der Waals surface area contributed by atoms with Gasteiger partial charge in [-0.05, 0) is 25.1 Å². The van der Waals surface area contributed by atoms with Gasteiger partial charge >= 0.3 is 0 Å². The van der Waals surface area contributed by atoms with Gasteiger partial charge in [0.2, 0.25) is 0 Å². The van der Waals surface area contributed by atoms with Crippen molar-refractivity contribution in [1.82, 2.24) is 15.1 Å². The molecule has 2 aromatic rings.